The molecule has 1 amide bonds. The largest absolute Gasteiger partial charge is 0.492 e. The Labute approximate surface area is 130 Å². The molecular weight excluding hydrogens is 288 g/mol. The van der Waals surface area contributed by atoms with Gasteiger partial charge in [-0.25, -0.2) is 0 Å². The molecule has 0 spiro atoms. The predicted molar refractivity (Wildman–Crippen MR) is 89.6 cm³/mol. The first-order valence-electron chi connectivity index (χ1n) is 7.14. The summed E-state index contributed by atoms with van der Waals surface area (Å²) in [7, 11) is 5.65. The second kappa shape index (κ2) is 8.74. The van der Waals surface area contributed by atoms with Gasteiger partial charge >= 0.3 is 0 Å². The Bertz CT molecular complexity index is 460. The predicted octanol–water partition coefficient (Wildman–Crippen LogP) is 1.84. The normalized spacial score (nSPS) is 10.7. The van der Waals surface area contributed by atoms with Gasteiger partial charge in [0.1, 0.15) is 15.6 Å². The summed E-state index contributed by atoms with van der Waals surface area (Å²) in [4.78, 5) is 14.7. The van der Waals surface area contributed by atoms with Crippen molar-refractivity contribution < 1.29 is 9.53 Å². The maximum Gasteiger partial charge on any atom is 0.263 e. The standard InChI is InChI=1S/C14H26N4O2S/c1-5-7-16-13(19)12-10(15)11(20-4)14(21-12)17-8-6-9-18(2)3/h17H,5-9,15H2,1-4H3,(H,16,19). The van der Waals surface area contributed by atoms with Crippen molar-refractivity contribution in [3.8, 4) is 5.75 Å². The molecule has 0 radical (unpaired) electrons. The average molecular weight is 314 g/mol. The Morgan fingerprint density at radius 1 is 1.38 bits per heavy atom. The first-order valence-corrected chi connectivity index (χ1v) is 7.95. The minimum atomic E-state index is -0.140. The van der Waals surface area contributed by atoms with Crippen LogP contribution in [0.3, 0.4) is 0 Å². The average Bonchev–Trinajstić information content (AvgIpc) is 2.77. The molecule has 6 nitrogen and oxygen atoms in total. The van der Waals surface area contributed by atoms with Gasteiger partial charge in [0.15, 0.2) is 5.75 Å². The van der Waals surface area contributed by atoms with Crippen LogP contribution >= 0.6 is 11.3 Å². The van der Waals surface area contributed by atoms with Gasteiger partial charge in [-0.1, -0.05) is 6.92 Å². The van der Waals surface area contributed by atoms with Crippen molar-refractivity contribution in [3.63, 3.8) is 0 Å². The molecule has 0 unspecified atom stereocenters. The maximum absolute atomic E-state index is 12.1. The molecule has 0 saturated heterocycles. The van der Waals surface area contributed by atoms with E-state index in [0.29, 0.717) is 22.9 Å². The molecule has 1 heterocycles. The van der Waals surface area contributed by atoms with E-state index >= 15 is 0 Å². The maximum atomic E-state index is 12.1. The number of carbonyl (C=O) groups is 1. The second-order valence-corrected chi connectivity index (χ2v) is 6.07. The summed E-state index contributed by atoms with van der Waals surface area (Å²) in [5.74, 6) is 0.422. The van der Waals surface area contributed by atoms with Crippen molar-refractivity contribution >= 4 is 27.9 Å². The van der Waals surface area contributed by atoms with Gasteiger partial charge in [0.2, 0.25) is 0 Å². The van der Waals surface area contributed by atoms with Crippen LogP contribution in [0.1, 0.15) is 29.4 Å². The second-order valence-electron chi connectivity index (χ2n) is 5.05. The Kier molecular flexibility index (Phi) is 7.31. The molecule has 0 aliphatic carbocycles. The smallest absolute Gasteiger partial charge is 0.263 e. The molecule has 0 fully saturated rings. The number of nitrogens with zero attached hydrogens (tertiary/aromatic N) is 1. The fourth-order valence-electron chi connectivity index (χ4n) is 1.83. The van der Waals surface area contributed by atoms with Gasteiger partial charge in [-0.3, -0.25) is 4.79 Å². The zero-order chi connectivity index (χ0) is 15.8. The van der Waals surface area contributed by atoms with Crippen molar-refractivity contribution in [2.24, 2.45) is 0 Å². The lowest BCUT2D eigenvalue weighted by Crippen LogP contribution is -2.23. The molecule has 0 saturated carbocycles. The monoisotopic (exact) mass is 314 g/mol. The lowest BCUT2D eigenvalue weighted by Gasteiger charge is -2.10. The summed E-state index contributed by atoms with van der Waals surface area (Å²) in [6.45, 7) is 4.46. The number of methoxy groups -OCH3 is 1. The molecule has 0 bridgehead atoms. The molecular formula is C14H26N4O2S. The number of hydrogen-bond donors (Lipinski definition) is 3. The summed E-state index contributed by atoms with van der Waals surface area (Å²) in [5, 5.41) is 6.95. The van der Waals surface area contributed by atoms with Crippen LogP contribution in [-0.2, 0) is 0 Å². The molecule has 21 heavy (non-hydrogen) atoms. The van der Waals surface area contributed by atoms with Gasteiger partial charge in [0, 0.05) is 13.1 Å². The zero-order valence-electron chi connectivity index (χ0n) is 13.3. The summed E-state index contributed by atoms with van der Waals surface area (Å²) in [5.41, 5.74) is 6.42. The SMILES string of the molecule is CCCNC(=O)c1sc(NCCCN(C)C)c(OC)c1N. The topological polar surface area (TPSA) is 79.6 Å². The van der Waals surface area contributed by atoms with Crippen LogP contribution < -0.4 is 21.1 Å². The Balaban J connectivity index is 2.73. The first-order chi connectivity index (χ1) is 10.0. The van der Waals surface area contributed by atoms with E-state index in [4.69, 9.17) is 10.5 Å². The van der Waals surface area contributed by atoms with Crippen molar-refractivity contribution in [1.29, 1.82) is 0 Å². The molecule has 0 atom stereocenters. The Morgan fingerprint density at radius 2 is 2.10 bits per heavy atom. The summed E-state index contributed by atoms with van der Waals surface area (Å²) in [6, 6.07) is 0. The van der Waals surface area contributed by atoms with Crippen LogP contribution in [0.4, 0.5) is 10.7 Å². The van der Waals surface area contributed by atoms with Gasteiger partial charge in [-0.15, -0.1) is 11.3 Å². The van der Waals surface area contributed by atoms with Crippen molar-refractivity contribution in [2.75, 3.05) is 51.9 Å². The molecule has 1 aromatic rings. The highest BCUT2D eigenvalue weighted by Crippen LogP contribution is 2.42. The van der Waals surface area contributed by atoms with Crippen molar-refractivity contribution in [3.05, 3.63) is 4.88 Å². The summed E-state index contributed by atoms with van der Waals surface area (Å²) in [6.07, 6.45) is 1.90. The van der Waals surface area contributed by atoms with E-state index in [-0.39, 0.29) is 5.91 Å². The third-order valence-electron chi connectivity index (χ3n) is 2.91. The number of rotatable bonds is 9. The molecule has 4 N–H and O–H groups in total. The van der Waals surface area contributed by atoms with Crippen LogP contribution in [0.25, 0.3) is 0 Å². The van der Waals surface area contributed by atoms with Gasteiger partial charge in [-0.05, 0) is 33.5 Å². The number of anilines is 2. The van der Waals surface area contributed by atoms with E-state index in [1.165, 1.54) is 11.3 Å². The van der Waals surface area contributed by atoms with Crippen molar-refractivity contribution in [2.45, 2.75) is 19.8 Å². The van der Waals surface area contributed by atoms with Gasteiger partial charge < -0.3 is 26.0 Å². The van der Waals surface area contributed by atoms with Crippen LogP contribution in [0.2, 0.25) is 0 Å². The van der Waals surface area contributed by atoms with E-state index in [2.05, 4.69) is 15.5 Å². The van der Waals surface area contributed by atoms with E-state index in [9.17, 15) is 4.79 Å². The first kappa shape index (κ1) is 17.6. The molecule has 0 aliphatic heterocycles. The fourth-order valence-corrected chi connectivity index (χ4v) is 2.86. The third-order valence-corrected chi connectivity index (χ3v) is 4.06. The van der Waals surface area contributed by atoms with Gasteiger partial charge in [-0.2, -0.15) is 0 Å². The number of nitrogens with one attached hydrogen (secondary N) is 2. The number of ether oxygens (including phenoxy) is 1. The third kappa shape index (κ3) is 5.09. The molecule has 7 heteroatoms. The van der Waals surface area contributed by atoms with Crippen LogP contribution in [0, 0.1) is 0 Å². The Hall–Kier alpha value is -1.47. The van der Waals surface area contributed by atoms with Gasteiger partial charge in [0.05, 0.1) is 7.11 Å². The molecule has 0 aliphatic rings. The van der Waals surface area contributed by atoms with E-state index < -0.39 is 0 Å². The van der Waals surface area contributed by atoms with E-state index in [1.54, 1.807) is 7.11 Å². The van der Waals surface area contributed by atoms with Gasteiger partial charge in [0.25, 0.3) is 5.91 Å². The van der Waals surface area contributed by atoms with Crippen LogP contribution in [0.15, 0.2) is 0 Å². The highest BCUT2D eigenvalue weighted by molar-refractivity contribution is 7.19. The molecule has 120 valence electrons. The minimum Gasteiger partial charge on any atom is -0.492 e. The highest BCUT2D eigenvalue weighted by Gasteiger charge is 2.21. The van der Waals surface area contributed by atoms with Crippen LogP contribution in [0.5, 0.6) is 5.75 Å². The number of nitrogens with two attached hydrogens (primary N) is 1. The van der Waals surface area contributed by atoms with Crippen molar-refractivity contribution in [1.82, 2.24) is 10.2 Å². The Morgan fingerprint density at radius 3 is 2.67 bits per heavy atom. The highest BCUT2D eigenvalue weighted by atomic mass is 32.1. The molecule has 0 aromatic carbocycles. The zero-order valence-corrected chi connectivity index (χ0v) is 14.1. The minimum absolute atomic E-state index is 0.140. The number of carbonyl (C=O) groups excluding carboxylic acids is 1. The number of amides is 1. The number of thiophene rings is 1. The number of nitrogen functional groups attached to an aromatic ring is 1. The lowest BCUT2D eigenvalue weighted by molar-refractivity contribution is 0.0958. The molecule has 1 rings (SSSR count). The van der Waals surface area contributed by atoms with E-state index in [0.717, 1.165) is 30.9 Å². The lowest BCUT2D eigenvalue weighted by atomic mass is 10.3. The molecule has 1 aromatic heterocycles. The fraction of sp³-hybridized carbons (Fsp3) is 0.643. The summed E-state index contributed by atoms with van der Waals surface area (Å²) < 4.78 is 5.32. The summed E-state index contributed by atoms with van der Waals surface area (Å²) >= 11 is 1.34. The number of hydrogen-bond acceptors (Lipinski definition) is 6. The van der Waals surface area contributed by atoms with Crippen LogP contribution in [-0.4, -0.2) is 51.6 Å². The quantitative estimate of drug-likeness (QED) is 0.606. The van der Waals surface area contributed by atoms with E-state index in [1.807, 2.05) is 21.0 Å².